The molecule has 0 saturated carbocycles. The molecule has 0 spiro atoms. The number of anilines is 1. The zero-order valence-corrected chi connectivity index (χ0v) is 14.3. The first-order valence-corrected chi connectivity index (χ1v) is 7.80. The summed E-state index contributed by atoms with van der Waals surface area (Å²) in [4.78, 5) is 16.0. The van der Waals surface area contributed by atoms with Crippen molar-refractivity contribution in [1.82, 2.24) is 15.0 Å². The van der Waals surface area contributed by atoms with Crippen LogP contribution in [-0.2, 0) is 9.57 Å². The van der Waals surface area contributed by atoms with E-state index in [4.69, 9.17) is 20.0 Å². The number of hydrogen-bond donors (Lipinski definition) is 2. The topological polar surface area (TPSA) is 108 Å². The number of H-pyrrole nitrogens is 1. The summed E-state index contributed by atoms with van der Waals surface area (Å²) in [5.74, 6) is -0.275. The Labute approximate surface area is 148 Å². The number of hydrogen-bond acceptors (Lipinski definition) is 7. The summed E-state index contributed by atoms with van der Waals surface area (Å²) in [6.07, 6.45) is 2.54. The maximum atomic E-state index is 14.7. The molecule has 0 atom stereocenters. The first kappa shape index (κ1) is 17.6. The molecule has 26 heavy (non-hydrogen) atoms. The second-order valence-electron chi connectivity index (χ2n) is 5.43. The van der Waals surface area contributed by atoms with Crippen molar-refractivity contribution in [2.75, 3.05) is 26.1 Å². The number of fused-ring (bicyclic) bond motifs is 1. The highest BCUT2D eigenvalue weighted by molar-refractivity contribution is 5.88. The fraction of sp³-hybridized carbons (Fsp3) is 0.235. The molecular formula is C17H18FN5O3. The molecule has 8 nitrogen and oxygen atoms in total. The molecule has 0 radical (unpaired) electrons. The number of aromatic amines is 1. The van der Waals surface area contributed by atoms with E-state index < -0.39 is 5.82 Å². The fourth-order valence-electron chi connectivity index (χ4n) is 2.33. The summed E-state index contributed by atoms with van der Waals surface area (Å²) in [6, 6.07) is 4.95. The smallest absolute Gasteiger partial charge is 0.233 e. The molecule has 136 valence electrons. The van der Waals surface area contributed by atoms with Crippen molar-refractivity contribution < 1.29 is 18.7 Å². The highest BCUT2D eigenvalue weighted by atomic mass is 19.1. The van der Waals surface area contributed by atoms with Gasteiger partial charge in [0, 0.05) is 23.7 Å². The number of nitrogens with two attached hydrogens (primary N) is 1. The van der Waals surface area contributed by atoms with E-state index in [-0.39, 0.29) is 29.6 Å². The van der Waals surface area contributed by atoms with E-state index in [0.717, 1.165) is 5.69 Å². The molecule has 3 N–H and O–H groups in total. The summed E-state index contributed by atoms with van der Waals surface area (Å²) in [7, 11) is 1.55. The van der Waals surface area contributed by atoms with Crippen LogP contribution in [0.1, 0.15) is 11.3 Å². The summed E-state index contributed by atoms with van der Waals surface area (Å²) in [6.45, 7) is 2.51. The average molecular weight is 359 g/mol. The molecule has 2 aromatic heterocycles. The average Bonchev–Trinajstić information content (AvgIpc) is 3.00. The fourth-order valence-corrected chi connectivity index (χ4v) is 2.33. The highest BCUT2D eigenvalue weighted by Gasteiger charge is 2.15. The van der Waals surface area contributed by atoms with Crippen molar-refractivity contribution in [2.45, 2.75) is 6.92 Å². The number of methoxy groups -OCH3 is 1. The molecule has 0 bridgehead atoms. The summed E-state index contributed by atoms with van der Waals surface area (Å²) >= 11 is 0. The van der Waals surface area contributed by atoms with E-state index in [9.17, 15) is 4.39 Å². The second-order valence-corrected chi connectivity index (χ2v) is 5.43. The molecule has 0 aliphatic rings. The Hall–Kier alpha value is -3.20. The molecule has 0 aliphatic carbocycles. The number of oxime groups is 1. The van der Waals surface area contributed by atoms with Crippen LogP contribution in [0.15, 0.2) is 29.7 Å². The number of nitrogens with one attached hydrogen (secondary N) is 1. The molecule has 2 heterocycles. The van der Waals surface area contributed by atoms with Crippen molar-refractivity contribution in [2.24, 2.45) is 5.16 Å². The molecule has 0 saturated heterocycles. The summed E-state index contributed by atoms with van der Waals surface area (Å²) in [5, 5.41) is 4.20. The van der Waals surface area contributed by atoms with Gasteiger partial charge >= 0.3 is 0 Å². The van der Waals surface area contributed by atoms with Gasteiger partial charge in [0.2, 0.25) is 5.88 Å². The summed E-state index contributed by atoms with van der Waals surface area (Å²) < 4.78 is 25.2. The molecule has 9 heteroatoms. The Balaban J connectivity index is 1.88. The van der Waals surface area contributed by atoms with Gasteiger partial charge in [0.05, 0.1) is 12.8 Å². The quantitative estimate of drug-likeness (QED) is 0.381. The Morgan fingerprint density at radius 3 is 2.96 bits per heavy atom. The number of nitrogen functional groups attached to an aromatic ring is 1. The number of aryl methyl sites for hydroxylation is 1. The van der Waals surface area contributed by atoms with Crippen LogP contribution < -0.4 is 10.5 Å². The van der Waals surface area contributed by atoms with E-state index in [1.807, 2.05) is 6.92 Å². The van der Waals surface area contributed by atoms with Crippen LogP contribution in [0.3, 0.4) is 0 Å². The van der Waals surface area contributed by atoms with E-state index >= 15 is 0 Å². The van der Waals surface area contributed by atoms with E-state index in [1.165, 1.54) is 18.6 Å². The highest BCUT2D eigenvalue weighted by Crippen LogP contribution is 2.31. The van der Waals surface area contributed by atoms with Crippen LogP contribution in [0.2, 0.25) is 0 Å². The zero-order valence-electron chi connectivity index (χ0n) is 14.3. The van der Waals surface area contributed by atoms with Gasteiger partial charge in [0.25, 0.3) is 0 Å². The third-order valence-corrected chi connectivity index (χ3v) is 3.56. The van der Waals surface area contributed by atoms with Crippen LogP contribution >= 0.6 is 0 Å². The maximum Gasteiger partial charge on any atom is 0.233 e. The van der Waals surface area contributed by atoms with Gasteiger partial charge in [0.15, 0.2) is 11.6 Å². The minimum Gasteiger partial charge on any atom is -0.435 e. The van der Waals surface area contributed by atoms with Crippen molar-refractivity contribution in [3.63, 3.8) is 0 Å². The maximum absolute atomic E-state index is 14.7. The molecule has 3 rings (SSSR count). The van der Waals surface area contributed by atoms with Gasteiger partial charge in [-0.15, -0.1) is 0 Å². The molecule has 1 aromatic carbocycles. The minimum absolute atomic E-state index is 0.0181. The zero-order chi connectivity index (χ0) is 18.5. The third-order valence-electron chi connectivity index (χ3n) is 3.56. The first-order valence-electron chi connectivity index (χ1n) is 7.80. The Morgan fingerprint density at radius 2 is 2.15 bits per heavy atom. The number of nitrogens with zero attached hydrogens (tertiary/aromatic N) is 3. The number of benzene rings is 1. The van der Waals surface area contributed by atoms with Crippen LogP contribution in [0, 0.1) is 12.7 Å². The predicted molar refractivity (Wildman–Crippen MR) is 94.9 cm³/mol. The number of halogens is 1. The third kappa shape index (κ3) is 3.72. The Morgan fingerprint density at radius 1 is 1.31 bits per heavy atom. The lowest BCUT2D eigenvalue weighted by Gasteiger charge is -2.09. The minimum atomic E-state index is -0.497. The normalized spacial score (nSPS) is 11.3. The summed E-state index contributed by atoms with van der Waals surface area (Å²) in [5.41, 5.74) is 7.67. The van der Waals surface area contributed by atoms with Crippen LogP contribution in [0.25, 0.3) is 10.9 Å². The van der Waals surface area contributed by atoms with Crippen LogP contribution in [-0.4, -0.2) is 41.5 Å². The van der Waals surface area contributed by atoms with Crippen molar-refractivity contribution in [3.05, 3.63) is 41.6 Å². The van der Waals surface area contributed by atoms with Gasteiger partial charge in [-0.2, -0.15) is 0 Å². The van der Waals surface area contributed by atoms with Gasteiger partial charge in [-0.05, 0) is 25.1 Å². The number of ether oxygens (including phenoxy) is 2. The number of aromatic nitrogens is 3. The lowest BCUT2D eigenvalue weighted by atomic mass is 10.2. The van der Waals surface area contributed by atoms with Crippen LogP contribution in [0.4, 0.5) is 10.2 Å². The van der Waals surface area contributed by atoms with E-state index in [0.29, 0.717) is 17.5 Å². The molecule has 3 aromatic rings. The van der Waals surface area contributed by atoms with Crippen molar-refractivity contribution in [1.29, 1.82) is 0 Å². The predicted octanol–water partition coefficient (Wildman–Crippen LogP) is 2.78. The molecular weight excluding hydrogens is 341 g/mol. The van der Waals surface area contributed by atoms with Gasteiger partial charge in [0.1, 0.15) is 24.3 Å². The van der Waals surface area contributed by atoms with Gasteiger partial charge < -0.3 is 25.0 Å². The SMILES string of the molecule is COCCON=Cc1c(N)ncnc1Oc1ccc2[nH]c(C)cc2c1F. The molecule has 0 unspecified atom stereocenters. The molecule has 0 aliphatic heterocycles. The van der Waals surface area contributed by atoms with E-state index in [2.05, 4.69) is 20.1 Å². The number of rotatable bonds is 7. The standard InChI is InChI=1S/C17H18FN5O3/c1-10-7-11-13(23-10)3-4-14(15(11)18)26-17-12(16(19)20-9-21-17)8-22-25-6-5-24-2/h3-4,7-9,23H,5-6H2,1-2H3,(H2,19,20,21). The Kier molecular flexibility index (Phi) is 5.28. The van der Waals surface area contributed by atoms with Crippen molar-refractivity contribution in [3.8, 4) is 11.6 Å². The monoisotopic (exact) mass is 359 g/mol. The lowest BCUT2D eigenvalue weighted by Crippen LogP contribution is -2.04. The Bertz CT molecular complexity index is 942. The first-order chi connectivity index (χ1) is 12.6. The van der Waals surface area contributed by atoms with Gasteiger partial charge in [-0.1, -0.05) is 5.16 Å². The van der Waals surface area contributed by atoms with E-state index in [1.54, 1.807) is 19.2 Å². The molecule has 0 amide bonds. The van der Waals surface area contributed by atoms with Gasteiger partial charge in [-0.25, -0.2) is 14.4 Å². The molecule has 0 fully saturated rings. The van der Waals surface area contributed by atoms with Gasteiger partial charge in [-0.3, -0.25) is 0 Å². The second kappa shape index (κ2) is 7.79. The van der Waals surface area contributed by atoms with Crippen molar-refractivity contribution >= 4 is 22.9 Å². The largest absolute Gasteiger partial charge is 0.435 e. The lowest BCUT2D eigenvalue weighted by molar-refractivity contribution is 0.0759. The van der Waals surface area contributed by atoms with Crippen LogP contribution in [0.5, 0.6) is 11.6 Å².